The highest BCUT2D eigenvalue weighted by atomic mass is 79.9. The molecule has 0 aromatic heterocycles. The lowest BCUT2D eigenvalue weighted by atomic mass is 10.1. The van der Waals surface area contributed by atoms with Crippen molar-refractivity contribution >= 4 is 21.8 Å². The fourth-order valence-corrected chi connectivity index (χ4v) is 2.92. The summed E-state index contributed by atoms with van der Waals surface area (Å²) in [5.41, 5.74) is 3.07. The van der Waals surface area contributed by atoms with Gasteiger partial charge >= 0.3 is 0 Å². The Morgan fingerprint density at radius 1 is 1.39 bits per heavy atom. The molecule has 18 heavy (non-hydrogen) atoms. The fraction of sp³-hybridized carbons (Fsp3) is 0.500. The van der Waals surface area contributed by atoms with Crippen LogP contribution < -0.4 is 5.32 Å². The molecule has 0 saturated heterocycles. The van der Waals surface area contributed by atoms with E-state index in [0.717, 1.165) is 17.0 Å². The van der Waals surface area contributed by atoms with Crippen LogP contribution in [-0.4, -0.2) is 17.3 Å². The fourth-order valence-electron chi connectivity index (χ4n) is 2.23. The second-order valence-electron chi connectivity index (χ2n) is 5.04. The predicted molar refractivity (Wildman–Crippen MR) is 72.7 cm³/mol. The molecule has 1 atom stereocenters. The number of fused-ring (bicyclic) bond motifs is 1. The molecule has 1 heterocycles. The first-order chi connectivity index (χ1) is 8.74. The average Bonchev–Trinajstić information content (AvgIpc) is 3.13. The number of hydrogen-bond donors (Lipinski definition) is 1. The minimum Gasteiger partial charge on any atom is -0.372 e. The molecule has 96 valence electrons. The summed E-state index contributed by atoms with van der Waals surface area (Å²) in [5, 5.41) is 2.98. The molecule has 4 heteroatoms. The smallest absolute Gasteiger partial charge is 0.251 e. The molecule has 1 aliphatic heterocycles. The van der Waals surface area contributed by atoms with Crippen LogP contribution in [0, 0.1) is 5.92 Å². The Hall–Kier alpha value is -0.870. The van der Waals surface area contributed by atoms with Gasteiger partial charge in [0.25, 0.3) is 5.91 Å². The minimum atomic E-state index is 0.00907. The maximum atomic E-state index is 12.0. The largest absolute Gasteiger partial charge is 0.372 e. The van der Waals surface area contributed by atoms with E-state index < -0.39 is 0 Å². The number of benzene rings is 1. The second-order valence-corrected chi connectivity index (χ2v) is 6.22. The van der Waals surface area contributed by atoms with E-state index in [1.165, 1.54) is 18.4 Å². The monoisotopic (exact) mass is 309 g/mol. The summed E-state index contributed by atoms with van der Waals surface area (Å²) in [6, 6.07) is 5.81. The number of alkyl halides is 1. The quantitative estimate of drug-likeness (QED) is 0.868. The topological polar surface area (TPSA) is 38.3 Å². The molecule has 0 bridgehead atoms. The third-order valence-electron chi connectivity index (χ3n) is 3.57. The molecule has 1 fully saturated rings. The van der Waals surface area contributed by atoms with E-state index in [1.54, 1.807) is 0 Å². The first kappa shape index (κ1) is 12.2. The van der Waals surface area contributed by atoms with Crippen molar-refractivity contribution in [2.75, 3.05) is 6.54 Å². The molecule has 1 N–H and O–H groups in total. The van der Waals surface area contributed by atoms with Crippen molar-refractivity contribution < 1.29 is 9.53 Å². The van der Waals surface area contributed by atoms with Gasteiger partial charge in [0.2, 0.25) is 0 Å². The molecule has 3 nitrogen and oxygen atoms in total. The van der Waals surface area contributed by atoms with Gasteiger partial charge < -0.3 is 10.1 Å². The number of carbonyl (C=O) groups is 1. The van der Waals surface area contributed by atoms with Gasteiger partial charge in [0.1, 0.15) is 0 Å². The number of carbonyl (C=O) groups excluding carboxylic acids is 1. The van der Waals surface area contributed by atoms with Gasteiger partial charge in [0.05, 0.1) is 13.2 Å². The molecular weight excluding hydrogens is 294 g/mol. The normalized spacial score (nSPS) is 19.4. The van der Waals surface area contributed by atoms with Gasteiger partial charge in [0, 0.05) is 16.9 Å². The number of ether oxygens (including phenoxy) is 1. The van der Waals surface area contributed by atoms with Gasteiger partial charge in [0.15, 0.2) is 0 Å². The molecule has 1 aliphatic carbocycles. The molecule has 2 aliphatic rings. The lowest BCUT2D eigenvalue weighted by Crippen LogP contribution is -2.30. The first-order valence-electron chi connectivity index (χ1n) is 6.36. The van der Waals surface area contributed by atoms with Gasteiger partial charge in [-0.3, -0.25) is 4.79 Å². The molecule has 0 radical (unpaired) electrons. The van der Waals surface area contributed by atoms with E-state index in [4.69, 9.17) is 4.74 Å². The van der Waals surface area contributed by atoms with Crippen LogP contribution in [0.3, 0.4) is 0 Å². The first-order valence-corrected chi connectivity index (χ1v) is 7.27. The molecule has 1 amide bonds. The average molecular weight is 310 g/mol. The van der Waals surface area contributed by atoms with Gasteiger partial charge in [-0.2, -0.15) is 0 Å². The number of amides is 1. The summed E-state index contributed by atoms with van der Waals surface area (Å²) in [6.07, 6.45) is 2.56. The number of nitrogens with one attached hydrogen (secondary N) is 1. The van der Waals surface area contributed by atoms with Crippen molar-refractivity contribution in [3.63, 3.8) is 0 Å². The van der Waals surface area contributed by atoms with Gasteiger partial charge in [-0.15, -0.1) is 0 Å². The van der Waals surface area contributed by atoms with Crippen LogP contribution in [0.2, 0.25) is 0 Å². The number of rotatable bonds is 4. The van der Waals surface area contributed by atoms with E-state index in [1.807, 2.05) is 18.2 Å². The molecule has 1 saturated carbocycles. The third kappa shape index (κ3) is 2.59. The van der Waals surface area contributed by atoms with Gasteiger partial charge in [-0.25, -0.2) is 0 Å². The van der Waals surface area contributed by atoms with Crippen molar-refractivity contribution in [3.05, 3.63) is 34.9 Å². The molecule has 1 unspecified atom stereocenters. The zero-order valence-corrected chi connectivity index (χ0v) is 11.7. The van der Waals surface area contributed by atoms with Crippen LogP contribution in [0.4, 0.5) is 0 Å². The molecule has 1 aromatic rings. The van der Waals surface area contributed by atoms with Crippen molar-refractivity contribution in [3.8, 4) is 0 Å². The van der Waals surface area contributed by atoms with Crippen LogP contribution in [0.5, 0.6) is 0 Å². The van der Waals surface area contributed by atoms with E-state index >= 15 is 0 Å². The minimum absolute atomic E-state index is 0.00907. The zero-order chi connectivity index (χ0) is 12.5. The summed E-state index contributed by atoms with van der Waals surface area (Å²) in [5.74, 6) is 0.758. The molecular formula is C14H16BrNO2. The standard InChI is InChI=1S/C14H16BrNO2/c15-13(9-1-2-9)6-16-14(17)10-3-4-11-7-18-8-12(11)5-10/h3-5,9,13H,1-2,6-8H2,(H,16,17). The highest BCUT2D eigenvalue weighted by molar-refractivity contribution is 9.09. The van der Waals surface area contributed by atoms with Crippen LogP contribution >= 0.6 is 15.9 Å². The summed E-state index contributed by atoms with van der Waals surface area (Å²) >= 11 is 3.62. The Morgan fingerprint density at radius 2 is 2.17 bits per heavy atom. The second kappa shape index (κ2) is 5.02. The summed E-state index contributed by atoms with van der Waals surface area (Å²) < 4.78 is 5.35. The van der Waals surface area contributed by atoms with E-state index in [0.29, 0.717) is 24.6 Å². The Balaban J connectivity index is 1.61. The van der Waals surface area contributed by atoms with E-state index in [9.17, 15) is 4.79 Å². The lowest BCUT2D eigenvalue weighted by Gasteiger charge is -2.10. The van der Waals surface area contributed by atoms with Crippen molar-refractivity contribution in [2.24, 2.45) is 5.92 Å². The molecule has 1 aromatic carbocycles. The van der Waals surface area contributed by atoms with Crippen LogP contribution in [0.15, 0.2) is 18.2 Å². The predicted octanol–water partition coefficient (Wildman–Crippen LogP) is 2.62. The maximum Gasteiger partial charge on any atom is 0.251 e. The summed E-state index contributed by atoms with van der Waals surface area (Å²) in [4.78, 5) is 12.4. The maximum absolute atomic E-state index is 12.0. The van der Waals surface area contributed by atoms with Crippen LogP contribution in [0.1, 0.15) is 34.3 Å². The van der Waals surface area contributed by atoms with E-state index in [2.05, 4.69) is 21.2 Å². The van der Waals surface area contributed by atoms with Crippen LogP contribution in [-0.2, 0) is 18.0 Å². The summed E-state index contributed by atoms with van der Waals surface area (Å²) in [7, 11) is 0. The van der Waals surface area contributed by atoms with Crippen molar-refractivity contribution in [1.29, 1.82) is 0 Å². The highest BCUT2D eigenvalue weighted by Crippen LogP contribution is 2.36. The summed E-state index contributed by atoms with van der Waals surface area (Å²) in [6.45, 7) is 2.00. The number of halogens is 1. The zero-order valence-electron chi connectivity index (χ0n) is 10.1. The Bertz CT molecular complexity index is 471. The Morgan fingerprint density at radius 3 is 2.94 bits per heavy atom. The Kier molecular flexibility index (Phi) is 3.39. The van der Waals surface area contributed by atoms with E-state index in [-0.39, 0.29) is 5.91 Å². The Labute approximate surface area is 115 Å². The van der Waals surface area contributed by atoms with Crippen molar-refractivity contribution in [2.45, 2.75) is 30.9 Å². The van der Waals surface area contributed by atoms with Crippen LogP contribution in [0.25, 0.3) is 0 Å². The third-order valence-corrected chi connectivity index (χ3v) is 4.65. The molecule has 0 spiro atoms. The van der Waals surface area contributed by atoms with Gasteiger partial charge in [-0.05, 0) is 42.0 Å². The van der Waals surface area contributed by atoms with Gasteiger partial charge in [-0.1, -0.05) is 22.0 Å². The highest BCUT2D eigenvalue weighted by Gasteiger charge is 2.29. The molecule has 3 rings (SSSR count). The lowest BCUT2D eigenvalue weighted by molar-refractivity contribution is 0.0953. The SMILES string of the molecule is O=C(NCC(Br)C1CC1)c1ccc2c(c1)COC2. The number of hydrogen-bond acceptors (Lipinski definition) is 2. The van der Waals surface area contributed by atoms with Crippen molar-refractivity contribution in [1.82, 2.24) is 5.32 Å².